The number of anilines is 1. The quantitative estimate of drug-likeness (QED) is 0.787. The summed E-state index contributed by atoms with van der Waals surface area (Å²) < 4.78 is 0. The Morgan fingerprint density at radius 1 is 1.24 bits per heavy atom. The first-order valence-corrected chi connectivity index (χ1v) is 6.13. The highest BCUT2D eigenvalue weighted by molar-refractivity contribution is 5.80. The topological polar surface area (TPSA) is 41.1 Å². The zero-order chi connectivity index (χ0) is 12.3. The molecule has 92 valence electrons. The van der Waals surface area contributed by atoms with E-state index >= 15 is 0 Å². The number of benzene rings is 1. The van der Waals surface area contributed by atoms with Crippen LogP contribution in [0.15, 0.2) is 30.3 Å². The molecular formula is C14H20N2O. The Morgan fingerprint density at radius 3 is 2.59 bits per heavy atom. The van der Waals surface area contributed by atoms with Crippen LogP contribution in [0.3, 0.4) is 0 Å². The van der Waals surface area contributed by atoms with Crippen molar-refractivity contribution in [2.75, 3.05) is 5.43 Å². The first kappa shape index (κ1) is 12.1. The van der Waals surface area contributed by atoms with Gasteiger partial charge in [-0.15, -0.1) is 0 Å². The van der Waals surface area contributed by atoms with Crippen LogP contribution in [0, 0.1) is 5.41 Å². The van der Waals surface area contributed by atoms with Gasteiger partial charge < -0.3 is 5.43 Å². The Labute approximate surface area is 103 Å². The van der Waals surface area contributed by atoms with Gasteiger partial charge in [0.2, 0.25) is 0 Å². The molecule has 1 unspecified atom stereocenters. The third-order valence-electron chi connectivity index (χ3n) is 3.14. The van der Waals surface area contributed by atoms with Crippen LogP contribution in [-0.4, -0.2) is 11.8 Å². The van der Waals surface area contributed by atoms with Crippen LogP contribution in [0.25, 0.3) is 0 Å². The van der Waals surface area contributed by atoms with Crippen molar-refractivity contribution >= 4 is 11.5 Å². The molecule has 0 bridgehead atoms. The molecule has 0 spiro atoms. The summed E-state index contributed by atoms with van der Waals surface area (Å²) >= 11 is 0. The fourth-order valence-corrected chi connectivity index (χ4v) is 2.50. The predicted molar refractivity (Wildman–Crippen MR) is 69.6 cm³/mol. The van der Waals surface area contributed by atoms with Gasteiger partial charge in [-0.3, -0.25) is 4.79 Å². The van der Waals surface area contributed by atoms with E-state index in [1.165, 1.54) is 0 Å². The van der Waals surface area contributed by atoms with Crippen molar-refractivity contribution in [3.63, 3.8) is 0 Å². The number of carbonyl (C=O) groups is 1. The first-order valence-electron chi connectivity index (χ1n) is 6.13. The van der Waals surface area contributed by atoms with Gasteiger partial charge in [-0.2, -0.15) is 0 Å². The monoisotopic (exact) mass is 232 g/mol. The molecule has 3 heteroatoms. The molecule has 1 aromatic rings. The third kappa shape index (κ3) is 3.56. The van der Waals surface area contributed by atoms with Crippen LogP contribution in [0.1, 0.15) is 33.1 Å². The summed E-state index contributed by atoms with van der Waals surface area (Å²) in [7, 11) is 0. The normalized spacial score (nSPS) is 23.4. The van der Waals surface area contributed by atoms with E-state index in [1.54, 1.807) is 0 Å². The molecule has 0 saturated heterocycles. The Balaban J connectivity index is 1.89. The molecule has 0 aromatic heterocycles. The van der Waals surface area contributed by atoms with Gasteiger partial charge in [0, 0.05) is 24.6 Å². The summed E-state index contributed by atoms with van der Waals surface area (Å²) in [5, 5.41) is 0. The molecule has 1 aliphatic carbocycles. The Kier molecular flexibility index (Phi) is 3.48. The predicted octanol–water partition coefficient (Wildman–Crippen LogP) is 2.75. The number of para-hydroxylation sites is 1. The number of Topliss-reactive ketones (excluding diaryl/α,β-unsaturated/α-hetero) is 1. The lowest BCUT2D eigenvalue weighted by Crippen LogP contribution is -2.43. The van der Waals surface area contributed by atoms with Crippen molar-refractivity contribution in [1.29, 1.82) is 0 Å². The van der Waals surface area contributed by atoms with E-state index in [9.17, 15) is 4.79 Å². The maximum Gasteiger partial charge on any atom is 0.135 e. The fraction of sp³-hybridized carbons (Fsp3) is 0.500. The van der Waals surface area contributed by atoms with Crippen LogP contribution in [-0.2, 0) is 4.79 Å². The van der Waals surface area contributed by atoms with Crippen LogP contribution in [0.2, 0.25) is 0 Å². The molecule has 3 nitrogen and oxygen atoms in total. The average molecular weight is 232 g/mol. The van der Waals surface area contributed by atoms with Gasteiger partial charge in [0.15, 0.2) is 0 Å². The van der Waals surface area contributed by atoms with Crippen molar-refractivity contribution in [1.82, 2.24) is 5.43 Å². The minimum absolute atomic E-state index is 0.116. The fourth-order valence-electron chi connectivity index (χ4n) is 2.50. The number of hydrogen-bond acceptors (Lipinski definition) is 3. The van der Waals surface area contributed by atoms with Crippen molar-refractivity contribution < 1.29 is 4.79 Å². The summed E-state index contributed by atoms with van der Waals surface area (Å²) in [5.74, 6) is 0.355. The van der Waals surface area contributed by atoms with Gasteiger partial charge in [-0.1, -0.05) is 32.0 Å². The molecule has 0 heterocycles. The minimum atomic E-state index is 0.116. The summed E-state index contributed by atoms with van der Waals surface area (Å²) in [4.78, 5) is 11.6. The Hall–Kier alpha value is -1.35. The van der Waals surface area contributed by atoms with E-state index in [-0.39, 0.29) is 11.5 Å². The number of carbonyl (C=O) groups excluding carboxylic acids is 1. The number of rotatable bonds is 3. The maximum atomic E-state index is 11.6. The van der Waals surface area contributed by atoms with Gasteiger partial charge in [0.05, 0.1) is 0 Å². The van der Waals surface area contributed by atoms with E-state index in [2.05, 4.69) is 24.7 Å². The van der Waals surface area contributed by atoms with Crippen LogP contribution in [0.5, 0.6) is 0 Å². The maximum absolute atomic E-state index is 11.6. The number of hydrazine groups is 1. The van der Waals surface area contributed by atoms with Crippen molar-refractivity contribution in [3.8, 4) is 0 Å². The SMILES string of the molecule is CC1(C)CC(=O)CC(NNc2ccccc2)C1. The van der Waals surface area contributed by atoms with Crippen LogP contribution >= 0.6 is 0 Å². The van der Waals surface area contributed by atoms with Gasteiger partial charge in [0.1, 0.15) is 5.78 Å². The highest BCUT2D eigenvalue weighted by Gasteiger charge is 2.32. The number of nitrogens with one attached hydrogen (secondary N) is 2. The molecule has 1 saturated carbocycles. The molecular weight excluding hydrogens is 212 g/mol. The molecule has 2 rings (SSSR count). The second-order valence-corrected chi connectivity index (χ2v) is 5.62. The average Bonchev–Trinajstić information content (AvgIpc) is 2.25. The van der Waals surface area contributed by atoms with E-state index in [0.29, 0.717) is 18.6 Å². The van der Waals surface area contributed by atoms with Crippen molar-refractivity contribution in [3.05, 3.63) is 30.3 Å². The molecule has 1 atom stereocenters. The lowest BCUT2D eigenvalue weighted by molar-refractivity contribution is -0.123. The number of hydrogen-bond donors (Lipinski definition) is 2. The van der Waals surface area contributed by atoms with E-state index in [4.69, 9.17) is 0 Å². The highest BCUT2D eigenvalue weighted by Crippen LogP contribution is 2.33. The summed E-state index contributed by atoms with van der Waals surface area (Å²) in [6.45, 7) is 4.31. The van der Waals surface area contributed by atoms with Crippen molar-refractivity contribution in [2.24, 2.45) is 5.41 Å². The standard InChI is InChI=1S/C14H20N2O/c1-14(2)9-12(8-13(17)10-14)16-15-11-6-4-3-5-7-11/h3-7,12,15-16H,8-10H2,1-2H3. The minimum Gasteiger partial charge on any atom is -0.321 e. The van der Waals surface area contributed by atoms with E-state index in [1.807, 2.05) is 30.3 Å². The lowest BCUT2D eigenvalue weighted by Gasteiger charge is -2.34. The van der Waals surface area contributed by atoms with Gasteiger partial charge in [-0.05, 0) is 24.0 Å². The molecule has 0 aliphatic heterocycles. The second kappa shape index (κ2) is 4.88. The molecule has 2 N–H and O–H groups in total. The molecule has 1 aromatic carbocycles. The molecule has 1 aliphatic rings. The molecule has 0 radical (unpaired) electrons. The zero-order valence-corrected chi connectivity index (χ0v) is 10.5. The molecule has 0 amide bonds. The van der Waals surface area contributed by atoms with Gasteiger partial charge >= 0.3 is 0 Å². The van der Waals surface area contributed by atoms with Crippen LogP contribution < -0.4 is 10.9 Å². The van der Waals surface area contributed by atoms with Crippen LogP contribution in [0.4, 0.5) is 5.69 Å². The largest absolute Gasteiger partial charge is 0.321 e. The molecule has 17 heavy (non-hydrogen) atoms. The number of ketones is 1. The summed E-state index contributed by atoms with van der Waals surface area (Å²) in [6, 6.07) is 10.2. The Bertz CT molecular complexity index is 386. The summed E-state index contributed by atoms with van der Waals surface area (Å²) in [5.41, 5.74) is 7.57. The smallest absolute Gasteiger partial charge is 0.135 e. The highest BCUT2D eigenvalue weighted by atomic mass is 16.1. The van der Waals surface area contributed by atoms with Gasteiger partial charge in [0.25, 0.3) is 0 Å². The summed E-state index contributed by atoms with van der Waals surface area (Å²) in [6.07, 6.45) is 2.36. The van der Waals surface area contributed by atoms with Crippen molar-refractivity contribution in [2.45, 2.75) is 39.2 Å². The molecule has 1 fully saturated rings. The third-order valence-corrected chi connectivity index (χ3v) is 3.14. The second-order valence-electron chi connectivity index (χ2n) is 5.62. The zero-order valence-electron chi connectivity index (χ0n) is 10.5. The Morgan fingerprint density at radius 2 is 1.94 bits per heavy atom. The van der Waals surface area contributed by atoms with E-state index < -0.39 is 0 Å². The van der Waals surface area contributed by atoms with Gasteiger partial charge in [-0.25, -0.2) is 5.43 Å². The van der Waals surface area contributed by atoms with E-state index in [0.717, 1.165) is 12.1 Å². The lowest BCUT2D eigenvalue weighted by atomic mass is 9.75. The first-order chi connectivity index (χ1) is 8.05.